The molecule has 0 saturated carbocycles. The maximum Gasteiger partial charge on any atom is 0.121 e. The molecule has 0 radical (unpaired) electrons. The fourth-order valence-electron chi connectivity index (χ4n) is 4.18. The number of benzene rings is 2. The van der Waals surface area contributed by atoms with Crippen molar-refractivity contribution in [1.29, 1.82) is 5.26 Å². The minimum Gasteiger partial charge on any atom is -0.493 e. The number of nitriles is 1. The van der Waals surface area contributed by atoms with E-state index < -0.39 is 0 Å². The average molecular weight is 419 g/mol. The van der Waals surface area contributed by atoms with E-state index >= 15 is 0 Å². The number of hydrogen-bond donors (Lipinski definition) is 1. The molecular weight excluding hydrogens is 384 g/mol. The van der Waals surface area contributed by atoms with Crippen molar-refractivity contribution >= 4 is 16.6 Å². The van der Waals surface area contributed by atoms with Crippen molar-refractivity contribution in [2.24, 2.45) is 0 Å². The Labute approximate surface area is 186 Å². The predicted octanol–water partition coefficient (Wildman–Crippen LogP) is 5.74. The van der Waals surface area contributed by atoms with Crippen molar-refractivity contribution < 1.29 is 4.74 Å². The van der Waals surface area contributed by atoms with Crippen molar-refractivity contribution in [3.63, 3.8) is 0 Å². The van der Waals surface area contributed by atoms with Crippen molar-refractivity contribution in [3.05, 3.63) is 48.0 Å². The largest absolute Gasteiger partial charge is 0.493 e. The van der Waals surface area contributed by atoms with Gasteiger partial charge in [0.15, 0.2) is 0 Å². The zero-order valence-corrected chi connectivity index (χ0v) is 19.2. The number of rotatable bonds is 11. The Morgan fingerprint density at radius 2 is 1.84 bits per heavy atom. The van der Waals surface area contributed by atoms with E-state index in [0.717, 1.165) is 71.8 Å². The Morgan fingerprint density at radius 1 is 1.06 bits per heavy atom. The van der Waals surface area contributed by atoms with E-state index in [1.165, 1.54) is 6.42 Å². The van der Waals surface area contributed by atoms with Crippen molar-refractivity contribution in [2.45, 2.75) is 40.2 Å². The number of hydrogen-bond acceptors (Lipinski definition) is 4. The molecule has 164 valence electrons. The highest BCUT2D eigenvalue weighted by atomic mass is 16.5. The number of anilines is 1. The first-order chi connectivity index (χ1) is 15.2. The first-order valence-electron chi connectivity index (χ1n) is 11.4. The Bertz CT molecular complexity index is 1030. The molecule has 0 atom stereocenters. The quantitative estimate of drug-likeness (QED) is 0.403. The van der Waals surface area contributed by atoms with Crippen LogP contribution in [0.5, 0.6) is 5.75 Å². The molecule has 5 heteroatoms. The lowest BCUT2D eigenvalue weighted by molar-refractivity contribution is 0.242. The second kappa shape index (κ2) is 10.9. The molecule has 0 spiro atoms. The first kappa shape index (κ1) is 22.7. The summed E-state index contributed by atoms with van der Waals surface area (Å²) in [5.74, 6) is 0.861. The summed E-state index contributed by atoms with van der Waals surface area (Å²) in [7, 11) is 1.91. The van der Waals surface area contributed by atoms with E-state index in [1.54, 1.807) is 0 Å². The van der Waals surface area contributed by atoms with Gasteiger partial charge in [-0.3, -0.25) is 0 Å². The zero-order valence-electron chi connectivity index (χ0n) is 19.2. The van der Waals surface area contributed by atoms with Crippen LogP contribution in [0.2, 0.25) is 0 Å². The Balaban J connectivity index is 1.86. The van der Waals surface area contributed by atoms with E-state index in [4.69, 9.17) is 4.74 Å². The summed E-state index contributed by atoms with van der Waals surface area (Å²) >= 11 is 0. The lowest BCUT2D eigenvalue weighted by atomic mass is 10.1. The number of nitrogens with zero attached hydrogens (tertiary/aromatic N) is 3. The summed E-state index contributed by atoms with van der Waals surface area (Å²) in [4.78, 5) is 2.46. The normalized spacial score (nSPS) is 11.1. The summed E-state index contributed by atoms with van der Waals surface area (Å²) in [6.45, 7) is 11.3. The maximum absolute atomic E-state index is 9.94. The van der Waals surface area contributed by atoms with Gasteiger partial charge in [0.2, 0.25) is 0 Å². The van der Waals surface area contributed by atoms with Gasteiger partial charge in [0, 0.05) is 37.3 Å². The molecule has 0 aliphatic rings. The van der Waals surface area contributed by atoms with Crippen LogP contribution in [0.4, 0.5) is 5.69 Å². The lowest BCUT2D eigenvalue weighted by Crippen LogP contribution is -2.26. The Morgan fingerprint density at radius 3 is 2.45 bits per heavy atom. The Kier molecular flexibility index (Phi) is 7.97. The van der Waals surface area contributed by atoms with E-state index in [2.05, 4.69) is 59.8 Å². The number of aryl methyl sites for hydroxylation is 1. The molecule has 1 heterocycles. The topological polar surface area (TPSA) is 53.2 Å². The van der Waals surface area contributed by atoms with Crippen LogP contribution in [-0.2, 0) is 6.54 Å². The molecule has 2 aromatic carbocycles. The summed E-state index contributed by atoms with van der Waals surface area (Å²) in [6.07, 6.45) is 2.19. The second-order valence-electron chi connectivity index (χ2n) is 7.72. The van der Waals surface area contributed by atoms with Gasteiger partial charge in [-0.2, -0.15) is 5.26 Å². The molecule has 0 fully saturated rings. The van der Waals surface area contributed by atoms with Crippen LogP contribution >= 0.6 is 0 Å². The van der Waals surface area contributed by atoms with Gasteiger partial charge < -0.3 is 19.5 Å². The summed E-state index contributed by atoms with van der Waals surface area (Å²) in [5.41, 5.74) is 4.84. The average Bonchev–Trinajstić information content (AvgIpc) is 3.13. The third-order valence-electron chi connectivity index (χ3n) is 5.79. The molecule has 0 amide bonds. The molecule has 0 saturated heterocycles. The van der Waals surface area contributed by atoms with E-state index in [1.807, 2.05) is 31.3 Å². The number of fused-ring (bicyclic) bond motifs is 1. The van der Waals surface area contributed by atoms with Crippen molar-refractivity contribution in [1.82, 2.24) is 9.47 Å². The molecule has 0 unspecified atom stereocenters. The molecule has 5 nitrogen and oxygen atoms in total. The van der Waals surface area contributed by atoms with E-state index in [0.29, 0.717) is 6.61 Å². The SMILES string of the molecule is CCCN(CC)CCCOc1ccc2c(C#N)c(-c3ccc(NC)cc3)n(CC)c2c1. The van der Waals surface area contributed by atoms with E-state index in [9.17, 15) is 5.26 Å². The van der Waals surface area contributed by atoms with Crippen LogP contribution in [0.15, 0.2) is 42.5 Å². The van der Waals surface area contributed by atoms with Gasteiger partial charge in [0.25, 0.3) is 0 Å². The number of ether oxygens (including phenoxy) is 1. The molecule has 31 heavy (non-hydrogen) atoms. The minimum atomic E-state index is 0.696. The van der Waals surface area contributed by atoms with Crippen LogP contribution in [-0.4, -0.2) is 42.8 Å². The van der Waals surface area contributed by atoms with Crippen LogP contribution in [0.1, 0.15) is 39.2 Å². The highest BCUT2D eigenvalue weighted by Gasteiger charge is 2.18. The summed E-state index contributed by atoms with van der Waals surface area (Å²) < 4.78 is 8.29. The molecule has 1 N–H and O–H groups in total. The fraction of sp³-hybridized carbons (Fsp3) is 0.423. The van der Waals surface area contributed by atoms with Crippen molar-refractivity contribution in [2.75, 3.05) is 38.6 Å². The Hall–Kier alpha value is -2.97. The molecule has 0 aliphatic heterocycles. The third-order valence-corrected chi connectivity index (χ3v) is 5.79. The first-order valence-corrected chi connectivity index (χ1v) is 11.4. The van der Waals surface area contributed by atoms with Gasteiger partial charge >= 0.3 is 0 Å². The monoisotopic (exact) mass is 418 g/mol. The molecule has 1 aromatic heterocycles. The highest BCUT2D eigenvalue weighted by molar-refractivity contribution is 5.95. The summed E-state index contributed by atoms with van der Waals surface area (Å²) in [5, 5.41) is 14.1. The standard InChI is InChI=1S/C26H34N4O/c1-5-15-29(6-2)16-8-17-31-22-13-14-23-24(19-27)26(30(7-3)25(23)18-22)20-9-11-21(28-4)12-10-20/h9-14,18,28H,5-8,15-17H2,1-4H3. The zero-order chi connectivity index (χ0) is 22.2. The smallest absolute Gasteiger partial charge is 0.121 e. The van der Waals surface area contributed by atoms with E-state index in [-0.39, 0.29) is 0 Å². The molecule has 3 aromatic rings. The lowest BCUT2D eigenvalue weighted by Gasteiger charge is -2.19. The molecular formula is C26H34N4O. The van der Waals surface area contributed by atoms with Gasteiger partial charge in [0.1, 0.15) is 11.8 Å². The van der Waals surface area contributed by atoms with Gasteiger partial charge in [-0.05, 0) is 62.7 Å². The number of nitrogens with one attached hydrogen (secondary N) is 1. The molecule has 0 bridgehead atoms. The maximum atomic E-state index is 9.94. The predicted molar refractivity (Wildman–Crippen MR) is 130 cm³/mol. The van der Waals surface area contributed by atoms with Gasteiger partial charge in [-0.25, -0.2) is 0 Å². The van der Waals surface area contributed by atoms with Crippen LogP contribution in [0.25, 0.3) is 22.2 Å². The van der Waals surface area contributed by atoms with Crippen molar-refractivity contribution in [3.8, 4) is 23.1 Å². The minimum absolute atomic E-state index is 0.696. The highest BCUT2D eigenvalue weighted by Crippen LogP contribution is 2.35. The third kappa shape index (κ3) is 5.03. The fourth-order valence-corrected chi connectivity index (χ4v) is 4.18. The van der Waals surface area contributed by atoms with Gasteiger partial charge in [-0.1, -0.05) is 26.0 Å². The van der Waals surface area contributed by atoms with Gasteiger partial charge in [-0.15, -0.1) is 0 Å². The van der Waals surface area contributed by atoms with Crippen LogP contribution < -0.4 is 10.1 Å². The molecule has 3 rings (SSSR count). The second-order valence-corrected chi connectivity index (χ2v) is 7.72. The van der Waals surface area contributed by atoms with Crippen LogP contribution in [0, 0.1) is 11.3 Å². The van der Waals surface area contributed by atoms with Crippen LogP contribution in [0.3, 0.4) is 0 Å². The number of aromatic nitrogens is 1. The van der Waals surface area contributed by atoms with Gasteiger partial charge in [0.05, 0.1) is 23.4 Å². The summed E-state index contributed by atoms with van der Waals surface area (Å²) in [6, 6.07) is 16.8. The molecule has 0 aliphatic carbocycles.